The minimum Gasteiger partial charge on any atom is -0.390 e. The summed E-state index contributed by atoms with van der Waals surface area (Å²) in [6, 6.07) is 0. The van der Waals surface area contributed by atoms with E-state index < -0.39 is 18.3 Å². The van der Waals surface area contributed by atoms with Crippen molar-refractivity contribution in [3.63, 3.8) is 0 Å². The van der Waals surface area contributed by atoms with Gasteiger partial charge in [0.1, 0.15) is 0 Å². The number of piperidine rings is 1. The molecule has 0 radical (unpaired) electrons. The molecule has 5 heteroatoms. The van der Waals surface area contributed by atoms with Crippen LogP contribution in [0.4, 0.5) is 13.2 Å². The highest BCUT2D eigenvalue weighted by molar-refractivity contribution is 4.95. The fraction of sp³-hybridized carbons (Fsp3) is 1.00. The lowest BCUT2D eigenvalue weighted by molar-refractivity contribution is -0.165. The first-order valence-electron chi connectivity index (χ1n) is 5.91. The highest BCUT2D eigenvalue weighted by atomic mass is 19.4. The lowest BCUT2D eigenvalue weighted by atomic mass is 9.71. The van der Waals surface area contributed by atoms with Crippen LogP contribution in [0.3, 0.4) is 0 Å². The Hall–Kier alpha value is -0.290. The van der Waals surface area contributed by atoms with Crippen LogP contribution in [0, 0.1) is 5.92 Å². The average molecular weight is 237 g/mol. The minimum atomic E-state index is -4.12. The monoisotopic (exact) mass is 237 g/mol. The van der Waals surface area contributed by atoms with E-state index in [0.717, 1.165) is 25.7 Å². The summed E-state index contributed by atoms with van der Waals surface area (Å²) in [5.74, 6) is 0.0392. The first kappa shape index (κ1) is 12.2. The highest BCUT2D eigenvalue weighted by Crippen LogP contribution is 2.40. The molecule has 2 nitrogen and oxygen atoms in total. The van der Waals surface area contributed by atoms with Crippen molar-refractivity contribution in [1.29, 1.82) is 0 Å². The van der Waals surface area contributed by atoms with Crippen molar-refractivity contribution >= 4 is 0 Å². The van der Waals surface area contributed by atoms with E-state index in [9.17, 15) is 18.3 Å². The van der Waals surface area contributed by atoms with Gasteiger partial charge in [0.05, 0.1) is 12.1 Å². The predicted octanol–water partition coefficient (Wildman–Crippen LogP) is 2.18. The van der Waals surface area contributed by atoms with Crippen molar-refractivity contribution in [3.05, 3.63) is 0 Å². The van der Waals surface area contributed by atoms with Gasteiger partial charge >= 0.3 is 6.18 Å². The van der Waals surface area contributed by atoms with E-state index >= 15 is 0 Å². The number of halogens is 3. The molecular formula is C11H18F3NO. The van der Waals surface area contributed by atoms with Crippen LogP contribution in [0.1, 0.15) is 32.1 Å². The van der Waals surface area contributed by atoms with Gasteiger partial charge in [-0.1, -0.05) is 12.8 Å². The van der Waals surface area contributed by atoms with Gasteiger partial charge in [0.25, 0.3) is 0 Å². The Morgan fingerprint density at radius 1 is 1.25 bits per heavy atom. The smallest absolute Gasteiger partial charge is 0.390 e. The summed E-state index contributed by atoms with van der Waals surface area (Å²) in [4.78, 5) is 1.43. The molecule has 0 aromatic heterocycles. The Labute approximate surface area is 93.4 Å². The lowest BCUT2D eigenvalue weighted by Crippen LogP contribution is -2.54. The van der Waals surface area contributed by atoms with Crippen LogP contribution in [-0.2, 0) is 0 Å². The predicted molar refractivity (Wildman–Crippen MR) is 54.0 cm³/mol. The quantitative estimate of drug-likeness (QED) is 0.755. The van der Waals surface area contributed by atoms with E-state index in [1.165, 1.54) is 4.90 Å². The molecule has 2 fully saturated rings. The number of fused-ring (bicyclic) bond motifs is 1. The summed E-state index contributed by atoms with van der Waals surface area (Å²) in [6.07, 6.45) is 0.0410. The number of likely N-dealkylation sites (tertiary alicyclic amines) is 1. The molecule has 1 saturated carbocycles. The van der Waals surface area contributed by atoms with Gasteiger partial charge in [-0.15, -0.1) is 0 Å². The fourth-order valence-electron chi connectivity index (χ4n) is 3.04. The third-order valence-corrected chi connectivity index (χ3v) is 3.91. The Bertz CT molecular complexity index is 256. The molecule has 2 unspecified atom stereocenters. The molecule has 2 rings (SSSR count). The number of hydrogen-bond donors (Lipinski definition) is 1. The zero-order valence-corrected chi connectivity index (χ0v) is 9.26. The van der Waals surface area contributed by atoms with Crippen molar-refractivity contribution in [1.82, 2.24) is 4.90 Å². The molecule has 16 heavy (non-hydrogen) atoms. The van der Waals surface area contributed by atoms with Gasteiger partial charge in [-0.25, -0.2) is 0 Å². The van der Waals surface area contributed by atoms with E-state index in [-0.39, 0.29) is 5.92 Å². The second-order valence-corrected chi connectivity index (χ2v) is 5.15. The van der Waals surface area contributed by atoms with E-state index in [1.807, 2.05) is 0 Å². The largest absolute Gasteiger partial charge is 0.401 e. The van der Waals surface area contributed by atoms with Crippen molar-refractivity contribution in [3.8, 4) is 0 Å². The minimum absolute atomic E-state index is 0.0392. The molecule has 94 valence electrons. The third kappa shape index (κ3) is 2.69. The van der Waals surface area contributed by atoms with Crippen LogP contribution in [0.15, 0.2) is 0 Å². The molecule has 0 amide bonds. The number of alkyl halides is 3. The summed E-state index contributed by atoms with van der Waals surface area (Å²) < 4.78 is 36.8. The van der Waals surface area contributed by atoms with Gasteiger partial charge in [0.2, 0.25) is 0 Å². The first-order chi connectivity index (χ1) is 7.39. The molecule has 0 aromatic rings. The number of nitrogens with zero attached hydrogens (tertiary/aromatic N) is 1. The first-order valence-corrected chi connectivity index (χ1v) is 5.91. The van der Waals surface area contributed by atoms with Gasteiger partial charge in [-0.05, 0) is 19.3 Å². The van der Waals surface area contributed by atoms with Gasteiger partial charge in [-0.2, -0.15) is 13.2 Å². The fourth-order valence-corrected chi connectivity index (χ4v) is 3.04. The molecule has 1 heterocycles. The van der Waals surface area contributed by atoms with Crippen LogP contribution in [0.2, 0.25) is 0 Å². The standard InChI is InChI=1S/C11H18F3NO/c12-11(13,14)8-15-6-5-10(16)4-2-1-3-9(10)7-15/h9,16H,1-8H2. The molecule has 2 atom stereocenters. The molecule has 0 spiro atoms. The average Bonchev–Trinajstić information content (AvgIpc) is 2.16. The zero-order chi connectivity index (χ0) is 11.8. The molecule has 1 aliphatic carbocycles. The Morgan fingerprint density at radius 2 is 2.00 bits per heavy atom. The van der Waals surface area contributed by atoms with Crippen LogP contribution >= 0.6 is 0 Å². The molecule has 2 aliphatic rings. The SMILES string of the molecule is OC12CCCCC1CN(CC(F)(F)F)CC2. The number of rotatable bonds is 1. The van der Waals surface area contributed by atoms with Gasteiger partial charge < -0.3 is 5.11 Å². The summed E-state index contributed by atoms with van der Waals surface area (Å²) >= 11 is 0. The summed E-state index contributed by atoms with van der Waals surface area (Å²) in [7, 11) is 0. The van der Waals surface area contributed by atoms with Crippen LogP contribution in [-0.4, -0.2) is 41.4 Å². The molecule has 0 bridgehead atoms. The molecule has 1 aliphatic heterocycles. The number of aliphatic hydroxyl groups is 1. The van der Waals surface area contributed by atoms with Gasteiger partial charge in [-0.3, -0.25) is 4.90 Å². The van der Waals surface area contributed by atoms with Crippen molar-refractivity contribution in [2.75, 3.05) is 19.6 Å². The molecule has 0 aromatic carbocycles. The van der Waals surface area contributed by atoms with E-state index in [4.69, 9.17) is 0 Å². The van der Waals surface area contributed by atoms with Crippen molar-refractivity contribution in [2.45, 2.75) is 43.9 Å². The molecule has 1 saturated heterocycles. The van der Waals surface area contributed by atoms with E-state index in [0.29, 0.717) is 19.5 Å². The maximum atomic E-state index is 12.3. The summed E-state index contributed by atoms with van der Waals surface area (Å²) in [5, 5.41) is 10.3. The Kier molecular flexibility index (Phi) is 3.18. The van der Waals surface area contributed by atoms with Crippen LogP contribution in [0.5, 0.6) is 0 Å². The normalized spacial score (nSPS) is 37.1. The van der Waals surface area contributed by atoms with Crippen molar-refractivity contribution < 1.29 is 18.3 Å². The van der Waals surface area contributed by atoms with E-state index in [2.05, 4.69) is 0 Å². The number of hydrogen-bond acceptors (Lipinski definition) is 2. The molecular weight excluding hydrogens is 219 g/mol. The van der Waals surface area contributed by atoms with Gasteiger partial charge in [0.15, 0.2) is 0 Å². The van der Waals surface area contributed by atoms with E-state index in [1.54, 1.807) is 0 Å². The second-order valence-electron chi connectivity index (χ2n) is 5.15. The highest BCUT2D eigenvalue weighted by Gasteiger charge is 2.44. The Balaban J connectivity index is 1.94. The van der Waals surface area contributed by atoms with Gasteiger partial charge in [0, 0.05) is 19.0 Å². The summed E-state index contributed by atoms with van der Waals surface area (Å²) in [5.41, 5.74) is -0.680. The Morgan fingerprint density at radius 3 is 2.69 bits per heavy atom. The van der Waals surface area contributed by atoms with Crippen molar-refractivity contribution in [2.24, 2.45) is 5.92 Å². The maximum Gasteiger partial charge on any atom is 0.401 e. The second kappa shape index (κ2) is 4.18. The van der Waals surface area contributed by atoms with Crippen LogP contribution < -0.4 is 0 Å². The summed E-state index contributed by atoms with van der Waals surface area (Å²) in [6.45, 7) is -0.0674. The molecule has 1 N–H and O–H groups in total. The third-order valence-electron chi connectivity index (χ3n) is 3.91. The lowest BCUT2D eigenvalue weighted by Gasteiger charge is -2.47. The maximum absolute atomic E-state index is 12.3. The van der Waals surface area contributed by atoms with Crippen LogP contribution in [0.25, 0.3) is 0 Å². The zero-order valence-electron chi connectivity index (χ0n) is 9.26. The topological polar surface area (TPSA) is 23.5 Å².